The molecule has 0 aliphatic rings. The lowest BCUT2D eigenvalue weighted by Gasteiger charge is -2.10. The van der Waals surface area contributed by atoms with Crippen molar-refractivity contribution < 1.29 is 4.79 Å². The molecule has 0 saturated carbocycles. The van der Waals surface area contributed by atoms with Gasteiger partial charge in [-0.3, -0.25) is 4.79 Å². The van der Waals surface area contributed by atoms with Gasteiger partial charge in [0.05, 0.1) is 0 Å². The molecule has 3 nitrogen and oxygen atoms in total. The Bertz CT molecular complexity index is 547. The lowest BCUT2D eigenvalue weighted by Crippen LogP contribution is -2.08. The van der Waals surface area contributed by atoms with Crippen LogP contribution in [0.2, 0.25) is 0 Å². The number of para-hydroxylation sites is 1. The van der Waals surface area contributed by atoms with Crippen molar-refractivity contribution in [1.82, 2.24) is 0 Å². The van der Waals surface area contributed by atoms with E-state index in [0.29, 0.717) is 0 Å². The Hall–Kier alpha value is -2.29. The molecule has 3 N–H and O–H groups in total. The third-order valence-corrected chi connectivity index (χ3v) is 2.70. The van der Waals surface area contributed by atoms with Gasteiger partial charge in [-0.25, -0.2) is 0 Å². The molecule has 0 aliphatic carbocycles. The Morgan fingerprint density at radius 3 is 2.44 bits per heavy atom. The van der Waals surface area contributed by atoms with Crippen LogP contribution < -0.4 is 11.1 Å². The van der Waals surface area contributed by atoms with Crippen molar-refractivity contribution in [3.63, 3.8) is 0 Å². The first-order valence-corrected chi connectivity index (χ1v) is 5.85. The number of hydrogen-bond acceptors (Lipinski definition) is 2. The van der Waals surface area contributed by atoms with E-state index in [-0.39, 0.29) is 5.91 Å². The summed E-state index contributed by atoms with van der Waals surface area (Å²) >= 11 is 0. The average molecular weight is 240 g/mol. The van der Waals surface area contributed by atoms with Crippen LogP contribution in [-0.4, -0.2) is 5.91 Å². The highest BCUT2D eigenvalue weighted by Gasteiger charge is 2.04. The SMILES string of the molecule is CC(=O)Nc1ccccc1Cc1ccc(N)cc1. The monoisotopic (exact) mass is 240 g/mol. The quantitative estimate of drug-likeness (QED) is 0.810. The topological polar surface area (TPSA) is 55.1 Å². The molecule has 0 saturated heterocycles. The second-order valence-corrected chi connectivity index (χ2v) is 4.26. The molecule has 0 atom stereocenters. The van der Waals surface area contributed by atoms with Gasteiger partial charge in [0, 0.05) is 18.3 Å². The zero-order valence-electron chi connectivity index (χ0n) is 10.3. The normalized spacial score (nSPS) is 10.1. The number of hydrogen-bond donors (Lipinski definition) is 2. The molecule has 2 rings (SSSR count). The maximum atomic E-state index is 11.1. The molecule has 0 unspecified atom stereocenters. The summed E-state index contributed by atoms with van der Waals surface area (Å²) in [6.07, 6.45) is 0.775. The summed E-state index contributed by atoms with van der Waals surface area (Å²) in [5, 5.41) is 2.84. The van der Waals surface area contributed by atoms with Gasteiger partial charge in [-0.05, 0) is 35.7 Å². The predicted molar refractivity (Wildman–Crippen MR) is 74.4 cm³/mol. The first kappa shape index (κ1) is 12.2. The third-order valence-electron chi connectivity index (χ3n) is 2.70. The van der Waals surface area contributed by atoms with Crippen LogP contribution in [0.3, 0.4) is 0 Å². The number of nitrogen functional groups attached to an aromatic ring is 1. The summed E-state index contributed by atoms with van der Waals surface area (Å²) in [6, 6.07) is 15.6. The van der Waals surface area contributed by atoms with Gasteiger partial charge in [0.15, 0.2) is 0 Å². The molecule has 2 aromatic carbocycles. The molecule has 92 valence electrons. The van der Waals surface area contributed by atoms with Crippen LogP contribution in [0.15, 0.2) is 48.5 Å². The third kappa shape index (κ3) is 3.10. The van der Waals surface area contributed by atoms with Crippen LogP contribution in [-0.2, 0) is 11.2 Å². The van der Waals surface area contributed by atoms with E-state index in [1.165, 1.54) is 12.5 Å². The predicted octanol–water partition coefficient (Wildman–Crippen LogP) is 2.82. The maximum absolute atomic E-state index is 11.1. The van der Waals surface area contributed by atoms with Gasteiger partial charge < -0.3 is 11.1 Å². The number of carbonyl (C=O) groups is 1. The number of anilines is 2. The van der Waals surface area contributed by atoms with E-state index in [0.717, 1.165) is 23.4 Å². The van der Waals surface area contributed by atoms with Crippen LogP contribution in [0.4, 0.5) is 11.4 Å². The van der Waals surface area contributed by atoms with Gasteiger partial charge in [-0.1, -0.05) is 30.3 Å². The molecular formula is C15H16N2O. The smallest absolute Gasteiger partial charge is 0.221 e. The lowest BCUT2D eigenvalue weighted by atomic mass is 10.0. The highest BCUT2D eigenvalue weighted by molar-refractivity contribution is 5.89. The highest BCUT2D eigenvalue weighted by atomic mass is 16.1. The van der Waals surface area contributed by atoms with Crippen LogP contribution in [0.25, 0.3) is 0 Å². The minimum absolute atomic E-state index is 0.0558. The van der Waals surface area contributed by atoms with Crippen LogP contribution in [0.1, 0.15) is 18.1 Å². The van der Waals surface area contributed by atoms with E-state index in [9.17, 15) is 4.79 Å². The number of amides is 1. The first-order chi connectivity index (χ1) is 8.65. The molecule has 0 aromatic heterocycles. The Balaban J connectivity index is 2.23. The van der Waals surface area contributed by atoms with Gasteiger partial charge in [-0.15, -0.1) is 0 Å². The van der Waals surface area contributed by atoms with E-state index in [4.69, 9.17) is 5.73 Å². The van der Waals surface area contributed by atoms with Gasteiger partial charge in [0.25, 0.3) is 0 Å². The van der Waals surface area contributed by atoms with E-state index in [2.05, 4.69) is 5.32 Å². The van der Waals surface area contributed by atoms with Crippen molar-refractivity contribution in [3.05, 3.63) is 59.7 Å². The summed E-state index contributed by atoms with van der Waals surface area (Å²) < 4.78 is 0. The lowest BCUT2D eigenvalue weighted by molar-refractivity contribution is -0.114. The minimum atomic E-state index is -0.0558. The van der Waals surface area contributed by atoms with E-state index < -0.39 is 0 Å². The highest BCUT2D eigenvalue weighted by Crippen LogP contribution is 2.19. The number of nitrogens with two attached hydrogens (primary N) is 1. The van der Waals surface area contributed by atoms with Crippen molar-refractivity contribution in [1.29, 1.82) is 0 Å². The Kier molecular flexibility index (Phi) is 3.63. The first-order valence-electron chi connectivity index (χ1n) is 5.85. The molecule has 0 spiro atoms. The second-order valence-electron chi connectivity index (χ2n) is 4.26. The fourth-order valence-corrected chi connectivity index (χ4v) is 1.84. The van der Waals surface area contributed by atoms with Crippen molar-refractivity contribution in [2.24, 2.45) is 0 Å². The van der Waals surface area contributed by atoms with E-state index >= 15 is 0 Å². The fourth-order valence-electron chi connectivity index (χ4n) is 1.84. The van der Waals surface area contributed by atoms with Gasteiger partial charge in [0.2, 0.25) is 5.91 Å². The van der Waals surface area contributed by atoms with E-state index in [1.54, 1.807) is 0 Å². The second kappa shape index (κ2) is 5.36. The molecule has 0 heterocycles. The van der Waals surface area contributed by atoms with E-state index in [1.807, 2.05) is 48.5 Å². The maximum Gasteiger partial charge on any atom is 0.221 e. The standard InChI is InChI=1S/C15H16N2O/c1-11(18)17-15-5-3-2-4-13(15)10-12-6-8-14(16)9-7-12/h2-9H,10,16H2,1H3,(H,17,18). The van der Waals surface area contributed by atoms with Crippen LogP contribution in [0.5, 0.6) is 0 Å². The Morgan fingerprint density at radius 1 is 1.11 bits per heavy atom. The molecule has 18 heavy (non-hydrogen) atoms. The molecule has 0 radical (unpaired) electrons. The fraction of sp³-hybridized carbons (Fsp3) is 0.133. The van der Waals surface area contributed by atoms with Gasteiger partial charge in [-0.2, -0.15) is 0 Å². The zero-order chi connectivity index (χ0) is 13.0. The number of rotatable bonds is 3. The van der Waals surface area contributed by atoms with Crippen LogP contribution >= 0.6 is 0 Å². The molecule has 2 aromatic rings. The summed E-state index contributed by atoms with van der Waals surface area (Å²) in [6.45, 7) is 1.51. The molecular weight excluding hydrogens is 224 g/mol. The van der Waals surface area contributed by atoms with Crippen molar-refractivity contribution >= 4 is 17.3 Å². The van der Waals surface area contributed by atoms with Crippen LogP contribution in [0, 0.1) is 0 Å². The molecule has 0 bridgehead atoms. The molecule has 1 amide bonds. The zero-order valence-corrected chi connectivity index (χ0v) is 10.3. The number of nitrogens with one attached hydrogen (secondary N) is 1. The van der Waals surface area contributed by atoms with Crippen molar-refractivity contribution in [2.45, 2.75) is 13.3 Å². The molecule has 0 aliphatic heterocycles. The molecule has 3 heteroatoms. The molecule has 0 fully saturated rings. The number of carbonyl (C=O) groups excluding carboxylic acids is 1. The largest absolute Gasteiger partial charge is 0.399 e. The summed E-state index contributed by atoms with van der Waals surface area (Å²) in [4.78, 5) is 11.1. The Labute approximate surface area is 107 Å². The summed E-state index contributed by atoms with van der Waals surface area (Å²) in [7, 11) is 0. The summed E-state index contributed by atoms with van der Waals surface area (Å²) in [5.74, 6) is -0.0558. The average Bonchev–Trinajstić information content (AvgIpc) is 2.34. The minimum Gasteiger partial charge on any atom is -0.399 e. The number of benzene rings is 2. The van der Waals surface area contributed by atoms with Crippen molar-refractivity contribution in [3.8, 4) is 0 Å². The Morgan fingerprint density at radius 2 is 1.78 bits per heavy atom. The summed E-state index contributed by atoms with van der Waals surface area (Å²) in [5.41, 5.74) is 9.54. The van der Waals surface area contributed by atoms with Gasteiger partial charge in [0.1, 0.15) is 0 Å². The van der Waals surface area contributed by atoms with Crippen molar-refractivity contribution in [2.75, 3.05) is 11.1 Å². The van der Waals surface area contributed by atoms with Gasteiger partial charge >= 0.3 is 0 Å².